The molecule has 1 N–H and O–H groups in total. The summed E-state index contributed by atoms with van der Waals surface area (Å²) in [6, 6.07) is 12.5. The van der Waals surface area contributed by atoms with E-state index < -0.39 is 0 Å². The predicted molar refractivity (Wildman–Crippen MR) is 87.9 cm³/mol. The summed E-state index contributed by atoms with van der Waals surface area (Å²) in [5, 5.41) is 3.64. The summed E-state index contributed by atoms with van der Waals surface area (Å²) in [6.45, 7) is 3.89. The molecule has 3 heteroatoms. The van der Waals surface area contributed by atoms with Gasteiger partial charge < -0.3 is 5.32 Å². The third-order valence-corrected chi connectivity index (χ3v) is 4.82. The Labute approximate surface area is 133 Å². The van der Waals surface area contributed by atoms with Crippen molar-refractivity contribution in [3.8, 4) is 0 Å². The van der Waals surface area contributed by atoms with Crippen LogP contribution in [0.3, 0.4) is 0 Å². The lowest BCUT2D eigenvalue weighted by Crippen LogP contribution is -2.23. The Morgan fingerprint density at radius 3 is 2.81 bits per heavy atom. The Kier molecular flexibility index (Phi) is 4.14. The summed E-state index contributed by atoms with van der Waals surface area (Å²) in [5.74, 6) is -0.128. The van der Waals surface area contributed by atoms with Crippen molar-refractivity contribution in [3.05, 3.63) is 68.9 Å². The van der Waals surface area contributed by atoms with E-state index in [-0.39, 0.29) is 11.9 Å². The molecule has 0 saturated carbocycles. The van der Waals surface area contributed by atoms with Crippen molar-refractivity contribution < 1.29 is 4.39 Å². The number of hydrogen-bond donors (Lipinski definition) is 1. The predicted octanol–water partition coefficient (Wildman–Crippen LogP) is 5.23. The molecule has 0 aromatic heterocycles. The molecule has 1 aliphatic carbocycles. The standard InChI is InChI=1S/C18H19BrFN/c1-11-3-4-13(10-17(11)20)12(2)21-18-8-5-14-9-15(19)6-7-16(14)18/h3-4,6-7,9-10,12,18,21H,5,8H2,1-2H3. The van der Waals surface area contributed by atoms with Gasteiger partial charge in [-0.05, 0) is 67.1 Å². The normalized spacial score (nSPS) is 18.6. The van der Waals surface area contributed by atoms with Crippen LogP contribution in [0, 0.1) is 12.7 Å². The Balaban J connectivity index is 1.77. The first-order valence-corrected chi connectivity index (χ1v) is 8.14. The number of hydrogen-bond acceptors (Lipinski definition) is 1. The molecule has 0 fully saturated rings. The van der Waals surface area contributed by atoms with E-state index in [1.54, 1.807) is 13.0 Å². The largest absolute Gasteiger partial charge is 0.303 e. The fourth-order valence-corrected chi connectivity index (χ4v) is 3.44. The van der Waals surface area contributed by atoms with Gasteiger partial charge in [0.1, 0.15) is 5.82 Å². The van der Waals surface area contributed by atoms with Crippen LogP contribution in [0.25, 0.3) is 0 Å². The molecule has 1 aliphatic rings. The fourth-order valence-electron chi connectivity index (χ4n) is 3.04. The van der Waals surface area contributed by atoms with Crippen LogP contribution < -0.4 is 5.32 Å². The summed E-state index contributed by atoms with van der Waals surface area (Å²) < 4.78 is 14.8. The number of benzene rings is 2. The van der Waals surface area contributed by atoms with Crippen molar-refractivity contribution in [3.63, 3.8) is 0 Å². The molecule has 0 aliphatic heterocycles. The van der Waals surface area contributed by atoms with Crippen molar-refractivity contribution >= 4 is 15.9 Å². The van der Waals surface area contributed by atoms with Gasteiger partial charge in [0.2, 0.25) is 0 Å². The second-order valence-corrected chi connectivity index (χ2v) is 6.75. The van der Waals surface area contributed by atoms with Gasteiger partial charge in [0, 0.05) is 16.6 Å². The van der Waals surface area contributed by atoms with Crippen molar-refractivity contribution in [2.45, 2.75) is 38.8 Å². The van der Waals surface area contributed by atoms with Gasteiger partial charge in [-0.25, -0.2) is 4.39 Å². The molecule has 2 aromatic rings. The minimum Gasteiger partial charge on any atom is -0.303 e. The third kappa shape index (κ3) is 3.04. The minimum atomic E-state index is -0.128. The quantitative estimate of drug-likeness (QED) is 0.800. The summed E-state index contributed by atoms with van der Waals surface area (Å²) in [4.78, 5) is 0. The smallest absolute Gasteiger partial charge is 0.126 e. The second kappa shape index (κ2) is 5.90. The maximum atomic E-state index is 13.7. The van der Waals surface area contributed by atoms with Crippen LogP contribution in [0.4, 0.5) is 4.39 Å². The third-order valence-electron chi connectivity index (χ3n) is 4.33. The first-order chi connectivity index (χ1) is 10.0. The van der Waals surface area contributed by atoms with E-state index in [0.717, 1.165) is 22.9 Å². The summed E-state index contributed by atoms with van der Waals surface area (Å²) in [5.41, 5.74) is 4.48. The molecule has 0 bridgehead atoms. The highest BCUT2D eigenvalue weighted by Gasteiger charge is 2.24. The zero-order valence-corrected chi connectivity index (χ0v) is 13.9. The highest BCUT2D eigenvalue weighted by Crippen LogP contribution is 2.34. The van der Waals surface area contributed by atoms with Crippen LogP contribution in [0.1, 0.15) is 47.7 Å². The van der Waals surface area contributed by atoms with Crippen LogP contribution in [-0.4, -0.2) is 0 Å². The zero-order valence-electron chi connectivity index (χ0n) is 12.3. The van der Waals surface area contributed by atoms with Gasteiger partial charge in [0.15, 0.2) is 0 Å². The molecule has 0 heterocycles. The molecule has 0 amide bonds. The summed E-state index contributed by atoms with van der Waals surface area (Å²) in [6.07, 6.45) is 2.20. The molecule has 0 spiro atoms. The first kappa shape index (κ1) is 14.7. The molecule has 21 heavy (non-hydrogen) atoms. The Morgan fingerprint density at radius 2 is 2.05 bits per heavy atom. The van der Waals surface area contributed by atoms with E-state index >= 15 is 0 Å². The van der Waals surface area contributed by atoms with E-state index in [0.29, 0.717) is 11.6 Å². The molecule has 110 valence electrons. The molecular formula is C18H19BrFN. The topological polar surface area (TPSA) is 12.0 Å². The van der Waals surface area contributed by atoms with E-state index in [1.165, 1.54) is 11.1 Å². The number of rotatable bonds is 3. The van der Waals surface area contributed by atoms with Crippen molar-refractivity contribution in [1.82, 2.24) is 5.32 Å². The maximum Gasteiger partial charge on any atom is 0.126 e. The van der Waals surface area contributed by atoms with Gasteiger partial charge in [0.05, 0.1) is 0 Å². The molecule has 3 rings (SSSR count). The van der Waals surface area contributed by atoms with E-state index in [1.807, 2.05) is 12.1 Å². The monoisotopic (exact) mass is 347 g/mol. The number of nitrogens with one attached hydrogen (secondary N) is 1. The first-order valence-electron chi connectivity index (χ1n) is 7.35. The van der Waals surface area contributed by atoms with Crippen LogP contribution in [0.2, 0.25) is 0 Å². The maximum absolute atomic E-state index is 13.7. The van der Waals surface area contributed by atoms with Gasteiger partial charge in [-0.2, -0.15) is 0 Å². The molecule has 2 atom stereocenters. The van der Waals surface area contributed by atoms with Crippen LogP contribution in [0.5, 0.6) is 0 Å². The highest BCUT2D eigenvalue weighted by atomic mass is 79.9. The van der Waals surface area contributed by atoms with Crippen LogP contribution in [-0.2, 0) is 6.42 Å². The lowest BCUT2D eigenvalue weighted by Gasteiger charge is -2.21. The van der Waals surface area contributed by atoms with Gasteiger partial charge in [-0.15, -0.1) is 0 Å². The lowest BCUT2D eigenvalue weighted by atomic mass is 10.0. The van der Waals surface area contributed by atoms with Gasteiger partial charge >= 0.3 is 0 Å². The van der Waals surface area contributed by atoms with E-state index in [9.17, 15) is 4.39 Å². The van der Waals surface area contributed by atoms with Crippen molar-refractivity contribution in [2.75, 3.05) is 0 Å². The van der Waals surface area contributed by atoms with Crippen LogP contribution >= 0.6 is 15.9 Å². The number of aryl methyl sites for hydroxylation is 2. The van der Waals surface area contributed by atoms with Gasteiger partial charge in [-0.1, -0.05) is 34.1 Å². The summed E-state index contributed by atoms with van der Waals surface area (Å²) in [7, 11) is 0. The lowest BCUT2D eigenvalue weighted by molar-refractivity contribution is 0.463. The van der Waals surface area contributed by atoms with E-state index in [2.05, 4.69) is 46.4 Å². The van der Waals surface area contributed by atoms with Crippen molar-refractivity contribution in [2.24, 2.45) is 0 Å². The van der Waals surface area contributed by atoms with Gasteiger partial charge in [0.25, 0.3) is 0 Å². The Hall–Kier alpha value is -1.19. The Bertz CT molecular complexity index is 668. The molecule has 1 nitrogen and oxygen atoms in total. The molecular weight excluding hydrogens is 329 g/mol. The average molecular weight is 348 g/mol. The molecule has 2 unspecified atom stereocenters. The SMILES string of the molecule is Cc1ccc(C(C)NC2CCc3cc(Br)ccc32)cc1F. The number of fused-ring (bicyclic) bond motifs is 1. The molecule has 2 aromatic carbocycles. The highest BCUT2D eigenvalue weighted by molar-refractivity contribution is 9.10. The zero-order chi connectivity index (χ0) is 15.0. The number of halogens is 2. The van der Waals surface area contributed by atoms with Crippen molar-refractivity contribution in [1.29, 1.82) is 0 Å². The summed E-state index contributed by atoms with van der Waals surface area (Å²) >= 11 is 3.53. The Morgan fingerprint density at radius 1 is 1.24 bits per heavy atom. The molecule has 0 radical (unpaired) electrons. The average Bonchev–Trinajstić information content (AvgIpc) is 2.84. The van der Waals surface area contributed by atoms with Crippen LogP contribution in [0.15, 0.2) is 40.9 Å². The minimum absolute atomic E-state index is 0.128. The molecule has 0 saturated heterocycles. The van der Waals surface area contributed by atoms with Gasteiger partial charge in [-0.3, -0.25) is 0 Å². The second-order valence-electron chi connectivity index (χ2n) is 5.83. The fraction of sp³-hybridized carbons (Fsp3) is 0.333. The van der Waals surface area contributed by atoms with E-state index in [4.69, 9.17) is 0 Å².